The van der Waals surface area contributed by atoms with Gasteiger partial charge >= 0.3 is 0 Å². The van der Waals surface area contributed by atoms with E-state index in [1.54, 1.807) is 0 Å². The number of rotatable bonds is 3. The predicted octanol–water partition coefficient (Wildman–Crippen LogP) is 11.4. The van der Waals surface area contributed by atoms with Crippen LogP contribution in [0, 0.1) is 0 Å². The van der Waals surface area contributed by atoms with Crippen molar-refractivity contribution in [1.82, 2.24) is 0 Å². The van der Waals surface area contributed by atoms with Gasteiger partial charge in [-0.25, -0.2) is 0 Å². The molecule has 0 heterocycles. The molecule has 0 aliphatic carbocycles. The Morgan fingerprint density at radius 2 is 0.825 bits per heavy atom. The standard InChI is InChI=1S/C40H32/c1-40(2,3)29-22-23-36-37(26-29)38(28-16-8-5-9-17-28)33-20-12-13-21-34(33)39(36)35-25-24-30(27-14-6-4-7-15-27)31-18-10-11-19-32(31)35/h4-26H,1-3H3. The highest BCUT2D eigenvalue weighted by atomic mass is 14.2. The summed E-state index contributed by atoms with van der Waals surface area (Å²) in [4.78, 5) is 0. The first-order valence-corrected chi connectivity index (χ1v) is 14.1. The third-order valence-electron chi connectivity index (χ3n) is 8.23. The van der Waals surface area contributed by atoms with Crippen molar-refractivity contribution in [2.24, 2.45) is 0 Å². The molecule has 0 aromatic heterocycles. The van der Waals surface area contributed by atoms with Crippen LogP contribution in [0.1, 0.15) is 26.3 Å². The second-order valence-electron chi connectivity index (χ2n) is 11.7. The minimum absolute atomic E-state index is 0.0536. The largest absolute Gasteiger partial charge is 0.0622 e. The van der Waals surface area contributed by atoms with Crippen LogP contribution in [0.25, 0.3) is 65.7 Å². The Labute approximate surface area is 236 Å². The maximum absolute atomic E-state index is 2.44. The van der Waals surface area contributed by atoms with Crippen LogP contribution in [0.5, 0.6) is 0 Å². The van der Waals surface area contributed by atoms with Gasteiger partial charge in [-0.3, -0.25) is 0 Å². The zero-order chi connectivity index (χ0) is 27.3. The molecule has 7 aromatic rings. The highest BCUT2D eigenvalue weighted by molar-refractivity contribution is 6.24. The molecular formula is C40H32. The van der Waals surface area contributed by atoms with Gasteiger partial charge < -0.3 is 0 Å². The van der Waals surface area contributed by atoms with Crippen LogP contribution >= 0.6 is 0 Å². The van der Waals surface area contributed by atoms with Gasteiger partial charge in [0.15, 0.2) is 0 Å². The van der Waals surface area contributed by atoms with Crippen LogP contribution in [0.4, 0.5) is 0 Å². The average molecular weight is 513 g/mol. The molecule has 0 heteroatoms. The van der Waals surface area contributed by atoms with Crippen molar-refractivity contribution >= 4 is 32.3 Å². The van der Waals surface area contributed by atoms with Gasteiger partial charge in [-0.1, -0.05) is 154 Å². The lowest BCUT2D eigenvalue weighted by Crippen LogP contribution is -2.10. The minimum atomic E-state index is 0.0536. The quantitative estimate of drug-likeness (QED) is 0.207. The van der Waals surface area contributed by atoms with Gasteiger partial charge in [0.25, 0.3) is 0 Å². The topological polar surface area (TPSA) is 0 Å². The molecule has 0 fully saturated rings. The van der Waals surface area contributed by atoms with Crippen LogP contribution in [0.15, 0.2) is 140 Å². The van der Waals surface area contributed by atoms with Crippen LogP contribution in [-0.2, 0) is 5.41 Å². The van der Waals surface area contributed by atoms with Crippen molar-refractivity contribution in [3.8, 4) is 33.4 Å². The average Bonchev–Trinajstić information content (AvgIpc) is 2.99. The van der Waals surface area contributed by atoms with Crippen molar-refractivity contribution in [3.05, 3.63) is 145 Å². The lowest BCUT2D eigenvalue weighted by atomic mass is 9.80. The number of hydrogen-bond donors (Lipinski definition) is 0. The predicted molar refractivity (Wildman–Crippen MR) is 174 cm³/mol. The first kappa shape index (κ1) is 24.4. The van der Waals surface area contributed by atoms with Crippen molar-refractivity contribution in [3.63, 3.8) is 0 Å². The van der Waals surface area contributed by atoms with Gasteiger partial charge in [-0.05, 0) is 82.7 Å². The fraction of sp³-hybridized carbons (Fsp3) is 0.100. The normalized spacial score (nSPS) is 11.9. The summed E-state index contributed by atoms with van der Waals surface area (Å²) in [6.07, 6.45) is 0. The van der Waals surface area contributed by atoms with E-state index in [0.29, 0.717) is 0 Å². The fourth-order valence-electron chi connectivity index (χ4n) is 6.24. The minimum Gasteiger partial charge on any atom is -0.0622 e. The summed E-state index contributed by atoms with van der Waals surface area (Å²) in [7, 11) is 0. The van der Waals surface area contributed by atoms with Crippen molar-refractivity contribution < 1.29 is 0 Å². The molecule has 0 spiro atoms. The van der Waals surface area contributed by atoms with Gasteiger partial charge in [0.2, 0.25) is 0 Å². The van der Waals surface area contributed by atoms with E-state index < -0.39 is 0 Å². The van der Waals surface area contributed by atoms with Crippen molar-refractivity contribution in [2.75, 3.05) is 0 Å². The third-order valence-corrected chi connectivity index (χ3v) is 8.23. The molecule has 0 radical (unpaired) electrons. The monoisotopic (exact) mass is 512 g/mol. The second-order valence-corrected chi connectivity index (χ2v) is 11.7. The molecule has 0 bridgehead atoms. The summed E-state index contributed by atoms with van der Waals surface area (Å²) >= 11 is 0. The summed E-state index contributed by atoms with van der Waals surface area (Å²) in [5.41, 5.74) is 9.07. The van der Waals surface area contributed by atoms with E-state index in [4.69, 9.17) is 0 Å². The van der Waals surface area contributed by atoms with Crippen LogP contribution in [-0.4, -0.2) is 0 Å². The van der Waals surface area contributed by atoms with Gasteiger partial charge in [0, 0.05) is 0 Å². The van der Waals surface area contributed by atoms with E-state index in [1.807, 2.05) is 0 Å². The first-order chi connectivity index (χ1) is 19.5. The Bertz CT molecular complexity index is 2010. The SMILES string of the molecule is CC(C)(C)c1ccc2c(-c3ccc(-c4ccccc4)c4ccccc34)c3ccccc3c(-c3ccccc3)c2c1. The van der Waals surface area contributed by atoms with E-state index in [0.717, 1.165) is 0 Å². The van der Waals surface area contributed by atoms with E-state index in [1.165, 1.54) is 71.3 Å². The molecule has 0 aliphatic heterocycles. The third kappa shape index (κ3) is 4.00. The van der Waals surface area contributed by atoms with Gasteiger partial charge in [-0.2, -0.15) is 0 Å². The molecule has 0 amide bonds. The van der Waals surface area contributed by atoms with Crippen LogP contribution < -0.4 is 0 Å². The van der Waals surface area contributed by atoms with E-state index >= 15 is 0 Å². The summed E-state index contributed by atoms with van der Waals surface area (Å²) < 4.78 is 0. The lowest BCUT2D eigenvalue weighted by Gasteiger charge is -2.23. The zero-order valence-electron chi connectivity index (χ0n) is 23.3. The fourth-order valence-corrected chi connectivity index (χ4v) is 6.24. The second kappa shape index (κ2) is 9.50. The molecule has 7 aromatic carbocycles. The lowest BCUT2D eigenvalue weighted by molar-refractivity contribution is 0.591. The molecular weight excluding hydrogens is 480 g/mol. The Hall–Kier alpha value is -4.68. The summed E-state index contributed by atoms with van der Waals surface area (Å²) in [5, 5.41) is 7.74. The molecule has 0 saturated carbocycles. The maximum Gasteiger partial charge on any atom is -0.00201 e. The highest BCUT2D eigenvalue weighted by Crippen LogP contribution is 2.47. The van der Waals surface area contributed by atoms with Gasteiger partial charge in [0.05, 0.1) is 0 Å². The van der Waals surface area contributed by atoms with Crippen LogP contribution in [0.3, 0.4) is 0 Å². The maximum atomic E-state index is 2.44. The molecule has 0 nitrogen and oxygen atoms in total. The molecule has 0 unspecified atom stereocenters. The van der Waals surface area contributed by atoms with Gasteiger partial charge in [0.1, 0.15) is 0 Å². The highest BCUT2D eigenvalue weighted by Gasteiger charge is 2.21. The number of hydrogen-bond acceptors (Lipinski definition) is 0. The van der Waals surface area contributed by atoms with Gasteiger partial charge in [-0.15, -0.1) is 0 Å². The molecule has 192 valence electrons. The summed E-state index contributed by atoms with van der Waals surface area (Å²) in [6.45, 7) is 6.90. The van der Waals surface area contributed by atoms with Crippen molar-refractivity contribution in [1.29, 1.82) is 0 Å². The van der Waals surface area contributed by atoms with E-state index in [9.17, 15) is 0 Å². The summed E-state index contributed by atoms with van der Waals surface area (Å²) in [6, 6.07) is 51.2. The molecule has 0 aliphatic rings. The Balaban J connectivity index is 1.64. The van der Waals surface area contributed by atoms with E-state index in [-0.39, 0.29) is 5.41 Å². The molecule has 7 rings (SSSR count). The summed E-state index contributed by atoms with van der Waals surface area (Å²) in [5.74, 6) is 0. The Morgan fingerprint density at radius 3 is 1.45 bits per heavy atom. The number of benzene rings is 7. The Morgan fingerprint density at radius 1 is 0.350 bits per heavy atom. The smallest absolute Gasteiger partial charge is 0.00201 e. The molecule has 0 N–H and O–H groups in total. The van der Waals surface area contributed by atoms with E-state index in [2.05, 4.69) is 160 Å². The first-order valence-electron chi connectivity index (χ1n) is 14.1. The van der Waals surface area contributed by atoms with Crippen molar-refractivity contribution in [2.45, 2.75) is 26.2 Å². The van der Waals surface area contributed by atoms with Crippen LogP contribution in [0.2, 0.25) is 0 Å². The Kier molecular flexibility index (Phi) is 5.79. The zero-order valence-corrected chi connectivity index (χ0v) is 23.3. The molecule has 40 heavy (non-hydrogen) atoms. The molecule has 0 saturated heterocycles. The number of fused-ring (bicyclic) bond motifs is 3. The molecule has 0 atom stereocenters.